The first-order chi connectivity index (χ1) is 9.90. The standard InChI is InChI=1S/C19H25S/c1-2-3-9-16-12-13-19(20-14-7-4-8-15-20)18-11-6-5-10-17(16)18/h5-6,10-13H,2-4,7-9,14-15H2,1H3/q+1. The fourth-order valence-corrected chi connectivity index (χ4v) is 5.72. The van der Waals surface area contributed by atoms with Gasteiger partial charge in [0.25, 0.3) is 0 Å². The quantitative estimate of drug-likeness (QED) is 0.665. The molecule has 106 valence electrons. The van der Waals surface area contributed by atoms with E-state index in [1.165, 1.54) is 60.8 Å². The molecule has 0 amide bonds. The van der Waals surface area contributed by atoms with Crippen molar-refractivity contribution in [3.63, 3.8) is 0 Å². The number of unbranched alkanes of at least 4 members (excludes halogenated alkanes) is 1. The molecule has 0 atom stereocenters. The minimum Gasteiger partial charge on any atom is -0.0654 e. The maximum atomic E-state index is 2.45. The summed E-state index contributed by atoms with van der Waals surface area (Å²) < 4.78 is 0. The van der Waals surface area contributed by atoms with Crippen molar-refractivity contribution in [2.75, 3.05) is 11.5 Å². The van der Waals surface area contributed by atoms with Crippen molar-refractivity contribution < 1.29 is 0 Å². The lowest BCUT2D eigenvalue weighted by Crippen LogP contribution is -2.18. The summed E-state index contributed by atoms with van der Waals surface area (Å²) in [6.07, 6.45) is 8.10. The molecule has 0 saturated carbocycles. The highest BCUT2D eigenvalue weighted by molar-refractivity contribution is 7.97. The molecule has 1 saturated heterocycles. The molecule has 1 fully saturated rings. The highest BCUT2D eigenvalue weighted by Crippen LogP contribution is 2.31. The molecule has 3 rings (SSSR count). The largest absolute Gasteiger partial charge is 0.162 e. The van der Waals surface area contributed by atoms with Gasteiger partial charge < -0.3 is 0 Å². The first-order valence-electron chi connectivity index (χ1n) is 8.08. The number of hydrogen-bond donors (Lipinski definition) is 0. The van der Waals surface area contributed by atoms with Gasteiger partial charge in [-0.2, -0.15) is 0 Å². The smallest absolute Gasteiger partial charge is 0.0654 e. The number of aryl methyl sites for hydroxylation is 1. The van der Waals surface area contributed by atoms with Crippen LogP contribution in [-0.4, -0.2) is 11.5 Å². The lowest BCUT2D eigenvalue weighted by atomic mass is 10.0. The van der Waals surface area contributed by atoms with Crippen molar-refractivity contribution in [2.24, 2.45) is 0 Å². The SMILES string of the molecule is CCCCc1ccc([S+]2CCCCC2)c2ccccc12. The second-order valence-corrected chi connectivity index (χ2v) is 8.08. The predicted octanol–water partition coefficient (Wildman–Crippen LogP) is 5.34. The molecule has 0 aliphatic carbocycles. The Labute approximate surface area is 125 Å². The Balaban J connectivity index is 2.01. The Bertz CT molecular complexity index is 567. The van der Waals surface area contributed by atoms with Crippen LogP contribution in [0.5, 0.6) is 0 Å². The van der Waals surface area contributed by atoms with Gasteiger partial charge in [0.05, 0.1) is 0 Å². The van der Waals surface area contributed by atoms with Crippen LogP contribution in [-0.2, 0) is 17.3 Å². The van der Waals surface area contributed by atoms with Crippen molar-refractivity contribution in [3.05, 3.63) is 42.0 Å². The van der Waals surface area contributed by atoms with Crippen LogP contribution in [0, 0.1) is 0 Å². The van der Waals surface area contributed by atoms with Crippen LogP contribution in [0.15, 0.2) is 41.3 Å². The molecule has 1 heteroatoms. The highest BCUT2D eigenvalue weighted by atomic mass is 32.2. The van der Waals surface area contributed by atoms with Crippen molar-refractivity contribution in [2.45, 2.75) is 50.3 Å². The number of rotatable bonds is 4. The van der Waals surface area contributed by atoms with Crippen LogP contribution in [0.4, 0.5) is 0 Å². The number of benzene rings is 2. The summed E-state index contributed by atoms with van der Waals surface area (Å²) in [6, 6.07) is 13.9. The summed E-state index contributed by atoms with van der Waals surface area (Å²) in [4.78, 5) is 1.64. The Kier molecular flexibility index (Phi) is 4.67. The molecule has 0 aromatic heterocycles. The normalized spacial score (nSPS) is 16.6. The molecule has 0 spiro atoms. The maximum absolute atomic E-state index is 2.45. The Morgan fingerprint density at radius 2 is 1.65 bits per heavy atom. The molecule has 0 bridgehead atoms. The average molecular weight is 285 g/mol. The van der Waals surface area contributed by atoms with Gasteiger partial charge in [0.1, 0.15) is 11.5 Å². The second-order valence-electron chi connectivity index (χ2n) is 5.83. The topological polar surface area (TPSA) is 0 Å². The summed E-state index contributed by atoms with van der Waals surface area (Å²) >= 11 is 0. The van der Waals surface area contributed by atoms with Gasteiger partial charge in [0, 0.05) is 16.3 Å². The van der Waals surface area contributed by atoms with Crippen LogP contribution in [0.2, 0.25) is 0 Å². The summed E-state index contributed by atoms with van der Waals surface area (Å²) in [7, 11) is 0.503. The summed E-state index contributed by atoms with van der Waals surface area (Å²) in [5.41, 5.74) is 1.55. The second kappa shape index (κ2) is 6.67. The van der Waals surface area contributed by atoms with Gasteiger partial charge >= 0.3 is 0 Å². The summed E-state index contributed by atoms with van der Waals surface area (Å²) in [6.45, 7) is 2.28. The van der Waals surface area contributed by atoms with Crippen LogP contribution in [0.1, 0.15) is 44.6 Å². The zero-order chi connectivity index (χ0) is 13.8. The molecule has 2 aromatic carbocycles. The van der Waals surface area contributed by atoms with Crippen molar-refractivity contribution in [1.29, 1.82) is 0 Å². The Morgan fingerprint density at radius 1 is 0.900 bits per heavy atom. The zero-order valence-corrected chi connectivity index (χ0v) is 13.3. The maximum Gasteiger partial charge on any atom is 0.162 e. The lowest BCUT2D eigenvalue weighted by Gasteiger charge is -2.16. The van der Waals surface area contributed by atoms with E-state index in [4.69, 9.17) is 0 Å². The van der Waals surface area contributed by atoms with Crippen molar-refractivity contribution in [3.8, 4) is 0 Å². The van der Waals surface area contributed by atoms with E-state index in [0.29, 0.717) is 10.9 Å². The molecule has 0 radical (unpaired) electrons. The van der Waals surface area contributed by atoms with Crippen molar-refractivity contribution in [1.82, 2.24) is 0 Å². The van der Waals surface area contributed by atoms with Gasteiger partial charge in [0.15, 0.2) is 4.90 Å². The zero-order valence-electron chi connectivity index (χ0n) is 12.5. The predicted molar refractivity (Wildman–Crippen MR) is 91.8 cm³/mol. The molecule has 2 aromatic rings. The molecular weight excluding hydrogens is 260 g/mol. The third-order valence-corrected chi connectivity index (χ3v) is 6.91. The van der Waals surface area contributed by atoms with Gasteiger partial charge in [-0.25, -0.2) is 0 Å². The molecule has 20 heavy (non-hydrogen) atoms. The molecule has 0 nitrogen and oxygen atoms in total. The molecule has 0 N–H and O–H groups in total. The van der Waals surface area contributed by atoms with Gasteiger partial charge in [-0.15, -0.1) is 0 Å². The molecular formula is C19H25S+. The average Bonchev–Trinajstić information content (AvgIpc) is 2.53. The Hall–Kier alpha value is -0.950. The van der Waals surface area contributed by atoms with Gasteiger partial charge in [-0.1, -0.05) is 37.6 Å². The van der Waals surface area contributed by atoms with E-state index in [0.717, 1.165) is 0 Å². The van der Waals surface area contributed by atoms with Gasteiger partial charge in [-0.3, -0.25) is 0 Å². The Morgan fingerprint density at radius 3 is 2.40 bits per heavy atom. The van der Waals surface area contributed by atoms with Gasteiger partial charge in [-0.05, 0) is 55.2 Å². The summed E-state index contributed by atoms with van der Waals surface area (Å²) in [5, 5.41) is 3.04. The van der Waals surface area contributed by atoms with Crippen LogP contribution >= 0.6 is 0 Å². The van der Waals surface area contributed by atoms with E-state index < -0.39 is 0 Å². The first-order valence-corrected chi connectivity index (χ1v) is 9.64. The van der Waals surface area contributed by atoms with E-state index >= 15 is 0 Å². The molecule has 0 unspecified atom stereocenters. The number of fused-ring (bicyclic) bond motifs is 1. The molecule has 1 aliphatic heterocycles. The van der Waals surface area contributed by atoms with E-state index in [2.05, 4.69) is 43.3 Å². The fraction of sp³-hybridized carbons (Fsp3) is 0.474. The minimum atomic E-state index is 0.503. The van der Waals surface area contributed by atoms with Crippen LogP contribution in [0.3, 0.4) is 0 Å². The van der Waals surface area contributed by atoms with Gasteiger partial charge in [0.2, 0.25) is 0 Å². The first kappa shape index (κ1) is 14.0. The lowest BCUT2D eigenvalue weighted by molar-refractivity contribution is 0.756. The summed E-state index contributed by atoms with van der Waals surface area (Å²) in [5.74, 6) is 2.83. The van der Waals surface area contributed by atoms with E-state index in [-0.39, 0.29) is 0 Å². The van der Waals surface area contributed by atoms with E-state index in [9.17, 15) is 0 Å². The third-order valence-electron chi connectivity index (χ3n) is 4.37. The highest BCUT2D eigenvalue weighted by Gasteiger charge is 2.26. The minimum absolute atomic E-state index is 0.503. The van der Waals surface area contributed by atoms with E-state index in [1.807, 2.05) is 0 Å². The van der Waals surface area contributed by atoms with Crippen LogP contribution < -0.4 is 0 Å². The van der Waals surface area contributed by atoms with Crippen molar-refractivity contribution >= 4 is 21.7 Å². The van der Waals surface area contributed by atoms with Crippen LogP contribution in [0.25, 0.3) is 10.8 Å². The fourth-order valence-electron chi connectivity index (χ4n) is 3.22. The molecule has 1 heterocycles. The monoisotopic (exact) mass is 285 g/mol. The third kappa shape index (κ3) is 2.88. The van der Waals surface area contributed by atoms with E-state index in [1.54, 1.807) is 10.5 Å². The molecule has 1 aliphatic rings. The number of hydrogen-bond acceptors (Lipinski definition) is 0.